The number of rotatable bonds is 6. The van der Waals surface area contributed by atoms with Gasteiger partial charge in [0.1, 0.15) is 0 Å². The SMILES string of the molecule is [Cl-].[Cl-].c1cc[c]([Bi]([c]2ccccc2)[c]2ccccc2)cc1.c1cc[c]([Bi]([c]2ccccc2)[c]2ccccc2)cc1. The van der Waals surface area contributed by atoms with Crippen molar-refractivity contribution in [1.29, 1.82) is 0 Å². The van der Waals surface area contributed by atoms with Crippen molar-refractivity contribution in [2.45, 2.75) is 0 Å². The summed E-state index contributed by atoms with van der Waals surface area (Å²) in [7, 11) is 0. The van der Waals surface area contributed by atoms with Crippen LogP contribution >= 0.6 is 0 Å². The molecule has 200 valence electrons. The van der Waals surface area contributed by atoms with E-state index in [1.807, 2.05) is 0 Å². The van der Waals surface area contributed by atoms with Gasteiger partial charge in [0.15, 0.2) is 0 Å². The Bertz CT molecular complexity index is 1180. The molecule has 0 saturated carbocycles. The summed E-state index contributed by atoms with van der Waals surface area (Å²) < 4.78 is 9.22. The van der Waals surface area contributed by atoms with E-state index < -0.39 is 43.5 Å². The molecule has 0 saturated heterocycles. The van der Waals surface area contributed by atoms with Gasteiger partial charge < -0.3 is 24.8 Å². The Morgan fingerprint density at radius 3 is 0.450 bits per heavy atom. The molecule has 6 aromatic rings. The molecule has 0 fully saturated rings. The number of benzene rings is 6. The van der Waals surface area contributed by atoms with Crippen LogP contribution in [0, 0.1) is 0 Å². The van der Waals surface area contributed by atoms with Crippen LogP contribution in [0.15, 0.2) is 182 Å². The fourth-order valence-electron chi connectivity index (χ4n) is 4.36. The molecular weight excluding hydrogens is 921 g/mol. The van der Waals surface area contributed by atoms with Crippen molar-refractivity contribution in [3.05, 3.63) is 182 Å². The van der Waals surface area contributed by atoms with Gasteiger partial charge in [-0.25, -0.2) is 0 Å². The zero-order valence-corrected chi connectivity index (χ0v) is 30.4. The van der Waals surface area contributed by atoms with E-state index in [1.54, 1.807) is 0 Å². The predicted octanol–water partition coefficient (Wildman–Crippen LogP) is -1.59. The first kappa shape index (κ1) is 32.2. The van der Waals surface area contributed by atoms with Gasteiger partial charge >= 0.3 is 245 Å². The van der Waals surface area contributed by atoms with E-state index in [1.165, 1.54) is 19.6 Å². The Labute approximate surface area is 267 Å². The van der Waals surface area contributed by atoms with Crippen LogP contribution in [-0.4, -0.2) is 43.5 Å². The first-order chi connectivity index (χ1) is 18.9. The van der Waals surface area contributed by atoms with Crippen molar-refractivity contribution in [2.75, 3.05) is 0 Å². The molecule has 0 spiro atoms. The van der Waals surface area contributed by atoms with E-state index in [4.69, 9.17) is 0 Å². The molecule has 0 aromatic heterocycles. The summed E-state index contributed by atoms with van der Waals surface area (Å²) in [5, 5.41) is 0. The molecule has 0 nitrogen and oxygen atoms in total. The summed E-state index contributed by atoms with van der Waals surface area (Å²) in [6.45, 7) is 0. The van der Waals surface area contributed by atoms with E-state index in [-0.39, 0.29) is 24.8 Å². The van der Waals surface area contributed by atoms with E-state index >= 15 is 0 Å². The molecule has 40 heavy (non-hydrogen) atoms. The average Bonchev–Trinajstić information content (AvgIpc) is 3.01. The van der Waals surface area contributed by atoms with Crippen molar-refractivity contribution >= 4 is 63.1 Å². The summed E-state index contributed by atoms with van der Waals surface area (Å²) in [6.07, 6.45) is 0. The van der Waals surface area contributed by atoms with Crippen LogP contribution in [0.2, 0.25) is 0 Å². The number of hydrogen-bond acceptors (Lipinski definition) is 0. The molecule has 0 N–H and O–H groups in total. The van der Waals surface area contributed by atoms with Gasteiger partial charge in [-0.1, -0.05) is 0 Å². The van der Waals surface area contributed by atoms with Crippen LogP contribution in [0.1, 0.15) is 0 Å². The van der Waals surface area contributed by atoms with Gasteiger partial charge in [0.25, 0.3) is 0 Å². The zero-order chi connectivity index (χ0) is 25.8. The monoisotopic (exact) mass is 950 g/mol. The number of hydrogen-bond donors (Lipinski definition) is 0. The van der Waals surface area contributed by atoms with Gasteiger partial charge in [-0.3, -0.25) is 0 Å². The Kier molecular flexibility index (Phi) is 14.1. The molecule has 0 aliphatic rings. The van der Waals surface area contributed by atoms with Gasteiger partial charge in [-0.15, -0.1) is 0 Å². The molecule has 0 amide bonds. The van der Waals surface area contributed by atoms with E-state index in [0.717, 1.165) is 0 Å². The predicted molar refractivity (Wildman–Crippen MR) is 168 cm³/mol. The maximum absolute atomic E-state index is 2.29. The fourth-order valence-corrected chi connectivity index (χ4v) is 22.3. The summed E-state index contributed by atoms with van der Waals surface area (Å²) in [4.78, 5) is 0. The second-order valence-corrected chi connectivity index (χ2v) is 25.9. The zero-order valence-electron chi connectivity index (χ0n) is 22.0. The summed E-state index contributed by atoms with van der Waals surface area (Å²) in [5.41, 5.74) is 0. The third-order valence-corrected chi connectivity index (χ3v) is 25.1. The van der Waals surface area contributed by atoms with Crippen molar-refractivity contribution in [2.24, 2.45) is 0 Å². The van der Waals surface area contributed by atoms with Crippen molar-refractivity contribution in [3.63, 3.8) is 0 Å². The summed E-state index contributed by atoms with van der Waals surface area (Å²) in [6, 6.07) is 65.9. The van der Waals surface area contributed by atoms with E-state index in [0.29, 0.717) is 0 Å². The maximum atomic E-state index is 2.29. The molecule has 0 aliphatic carbocycles. The molecule has 0 atom stereocenters. The standard InChI is InChI=1S/6C6H5.2Bi.2ClH/c6*1-2-4-6-5-3-1;;;;/h6*1-5H;;;2*1H/p-2. The quantitative estimate of drug-likeness (QED) is 0.177. The third kappa shape index (κ3) is 8.83. The Hall–Kier alpha value is -2.33. The molecule has 6 rings (SSSR count). The Balaban J connectivity index is 0.000000210. The van der Waals surface area contributed by atoms with Crippen molar-refractivity contribution in [3.8, 4) is 0 Å². The summed E-state index contributed by atoms with van der Waals surface area (Å²) >= 11 is -4.13. The molecular formula is C36H30Bi2Cl2-2. The molecule has 0 bridgehead atoms. The van der Waals surface area contributed by atoms with Crippen LogP contribution in [0.3, 0.4) is 0 Å². The molecule has 4 heteroatoms. The van der Waals surface area contributed by atoms with Gasteiger partial charge in [0.2, 0.25) is 0 Å². The minimum atomic E-state index is -2.06. The molecule has 6 aromatic carbocycles. The average molecular weight is 952 g/mol. The second-order valence-electron chi connectivity index (χ2n) is 8.68. The molecule has 0 heterocycles. The van der Waals surface area contributed by atoms with Crippen LogP contribution in [0.4, 0.5) is 0 Å². The normalized spacial score (nSPS) is 10.1. The van der Waals surface area contributed by atoms with Crippen molar-refractivity contribution in [1.82, 2.24) is 0 Å². The molecule has 0 aliphatic heterocycles. The first-order valence-electron chi connectivity index (χ1n) is 12.8. The topological polar surface area (TPSA) is 0 Å². The molecule has 0 unspecified atom stereocenters. The van der Waals surface area contributed by atoms with Gasteiger partial charge in [-0.05, 0) is 0 Å². The van der Waals surface area contributed by atoms with Crippen LogP contribution in [-0.2, 0) is 0 Å². The first-order valence-corrected chi connectivity index (χ1v) is 23.2. The third-order valence-electron chi connectivity index (χ3n) is 6.09. The Morgan fingerprint density at radius 1 is 0.200 bits per heavy atom. The Morgan fingerprint density at radius 2 is 0.325 bits per heavy atom. The van der Waals surface area contributed by atoms with Crippen LogP contribution in [0.25, 0.3) is 0 Å². The minimum absolute atomic E-state index is 0. The van der Waals surface area contributed by atoms with Crippen molar-refractivity contribution < 1.29 is 24.8 Å². The number of halogens is 2. The molecule has 0 radical (unpaired) electrons. The van der Waals surface area contributed by atoms with Crippen LogP contribution < -0.4 is 44.4 Å². The van der Waals surface area contributed by atoms with Gasteiger partial charge in [-0.2, -0.15) is 0 Å². The van der Waals surface area contributed by atoms with E-state index in [9.17, 15) is 0 Å². The van der Waals surface area contributed by atoms with Gasteiger partial charge in [0.05, 0.1) is 0 Å². The second kappa shape index (κ2) is 17.5. The fraction of sp³-hybridized carbons (Fsp3) is 0. The summed E-state index contributed by atoms with van der Waals surface area (Å²) in [5.74, 6) is 0. The van der Waals surface area contributed by atoms with Gasteiger partial charge in [0, 0.05) is 0 Å². The van der Waals surface area contributed by atoms with E-state index in [2.05, 4.69) is 182 Å². The van der Waals surface area contributed by atoms with Crippen LogP contribution in [0.5, 0.6) is 0 Å².